The number of nitrogens with one attached hydrogen (secondary N) is 1. The molecule has 1 aliphatic rings. The normalized spacial score (nSPS) is 16.1. The van der Waals surface area contributed by atoms with Gasteiger partial charge in [0.15, 0.2) is 0 Å². The summed E-state index contributed by atoms with van der Waals surface area (Å²) in [7, 11) is 0. The van der Waals surface area contributed by atoms with Gasteiger partial charge in [-0.25, -0.2) is 0 Å². The Morgan fingerprint density at radius 3 is 2.81 bits per heavy atom. The number of hydrogen-bond donors (Lipinski definition) is 2. The number of nitrogens with zero attached hydrogens (tertiary/aromatic N) is 1. The van der Waals surface area contributed by atoms with Crippen LogP contribution in [0.3, 0.4) is 0 Å². The van der Waals surface area contributed by atoms with Crippen molar-refractivity contribution in [3.63, 3.8) is 0 Å². The summed E-state index contributed by atoms with van der Waals surface area (Å²) in [5.41, 5.74) is 7.14. The second-order valence-electron chi connectivity index (χ2n) is 5.38. The van der Waals surface area contributed by atoms with Gasteiger partial charge in [-0.05, 0) is 25.0 Å². The largest absolute Gasteiger partial charge is 0.330 e. The Morgan fingerprint density at radius 1 is 1.43 bits per heavy atom. The van der Waals surface area contributed by atoms with Crippen LogP contribution in [0.25, 0.3) is 0 Å². The van der Waals surface area contributed by atoms with Crippen molar-refractivity contribution in [1.82, 2.24) is 0 Å². The quantitative estimate of drug-likeness (QED) is 0.842. The third-order valence-corrected chi connectivity index (χ3v) is 3.82. The predicted octanol–water partition coefficient (Wildman–Crippen LogP) is 2.13. The molecule has 1 saturated heterocycles. The summed E-state index contributed by atoms with van der Waals surface area (Å²) in [4.78, 5) is 25.9. The van der Waals surface area contributed by atoms with Crippen molar-refractivity contribution in [2.75, 3.05) is 23.3 Å². The predicted molar refractivity (Wildman–Crippen MR) is 84.1 cm³/mol. The molecule has 0 aromatic heterocycles. The minimum atomic E-state index is -0.183. The van der Waals surface area contributed by atoms with Gasteiger partial charge in [0, 0.05) is 19.5 Å². The summed E-state index contributed by atoms with van der Waals surface area (Å²) in [6.45, 7) is 3.08. The van der Waals surface area contributed by atoms with Gasteiger partial charge < -0.3 is 16.0 Å². The molecule has 1 aromatic carbocycles. The molecule has 2 amide bonds. The number of para-hydroxylation sites is 2. The monoisotopic (exact) mass is 289 g/mol. The zero-order chi connectivity index (χ0) is 15.2. The molecule has 1 heterocycles. The zero-order valence-electron chi connectivity index (χ0n) is 12.5. The molecular weight excluding hydrogens is 266 g/mol. The lowest BCUT2D eigenvalue weighted by atomic mass is 10.0. The molecule has 0 bridgehead atoms. The minimum absolute atomic E-state index is 0.0709. The maximum Gasteiger partial charge on any atom is 0.228 e. The van der Waals surface area contributed by atoms with Crippen LogP contribution in [0.15, 0.2) is 24.3 Å². The SMILES string of the molecule is CCCC(CN)C(=O)Nc1ccccc1N1CCCC1=O. The highest BCUT2D eigenvalue weighted by Gasteiger charge is 2.25. The van der Waals surface area contributed by atoms with E-state index in [4.69, 9.17) is 5.73 Å². The van der Waals surface area contributed by atoms with Crippen LogP contribution in [0.4, 0.5) is 11.4 Å². The number of anilines is 2. The highest BCUT2D eigenvalue weighted by atomic mass is 16.2. The summed E-state index contributed by atoms with van der Waals surface area (Å²) in [5, 5.41) is 2.93. The van der Waals surface area contributed by atoms with Crippen molar-refractivity contribution < 1.29 is 9.59 Å². The van der Waals surface area contributed by atoms with Gasteiger partial charge in [-0.3, -0.25) is 9.59 Å². The van der Waals surface area contributed by atoms with Crippen LogP contribution >= 0.6 is 0 Å². The van der Waals surface area contributed by atoms with Gasteiger partial charge >= 0.3 is 0 Å². The summed E-state index contributed by atoms with van der Waals surface area (Å²) in [6.07, 6.45) is 3.13. The van der Waals surface area contributed by atoms with E-state index in [1.54, 1.807) is 4.90 Å². The molecule has 5 heteroatoms. The average molecular weight is 289 g/mol. The third-order valence-electron chi connectivity index (χ3n) is 3.82. The van der Waals surface area contributed by atoms with Crippen LogP contribution in [0.5, 0.6) is 0 Å². The fraction of sp³-hybridized carbons (Fsp3) is 0.500. The first-order valence-corrected chi connectivity index (χ1v) is 7.57. The Morgan fingerprint density at radius 2 is 2.19 bits per heavy atom. The van der Waals surface area contributed by atoms with Gasteiger partial charge in [0.05, 0.1) is 17.3 Å². The molecule has 0 spiro atoms. The van der Waals surface area contributed by atoms with E-state index in [9.17, 15) is 9.59 Å². The maximum atomic E-state index is 12.3. The Hall–Kier alpha value is -1.88. The van der Waals surface area contributed by atoms with Gasteiger partial charge in [-0.1, -0.05) is 25.5 Å². The molecule has 114 valence electrons. The Bertz CT molecular complexity index is 516. The fourth-order valence-electron chi connectivity index (χ4n) is 2.66. The first-order chi connectivity index (χ1) is 10.2. The van der Waals surface area contributed by atoms with Crippen LogP contribution < -0.4 is 16.0 Å². The number of hydrogen-bond acceptors (Lipinski definition) is 3. The third kappa shape index (κ3) is 3.61. The minimum Gasteiger partial charge on any atom is -0.330 e. The van der Waals surface area contributed by atoms with Crippen molar-refractivity contribution in [3.05, 3.63) is 24.3 Å². The molecule has 0 saturated carbocycles. The highest BCUT2D eigenvalue weighted by Crippen LogP contribution is 2.29. The molecule has 5 nitrogen and oxygen atoms in total. The molecule has 1 aliphatic heterocycles. The molecular formula is C16H23N3O2. The number of carbonyl (C=O) groups excluding carboxylic acids is 2. The highest BCUT2D eigenvalue weighted by molar-refractivity contribution is 6.02. The van der Waals surface area contributed by atoms with Crippen molar-refractivity contribution in [2.24, 2.45) is 11.7 Å². The van der Waals surface area contributed by atoms with E-state index in [2.05, 4.69) is 5.32 Å². The summed E-state index contributed by atoms with van der Waals surface area (Å²) < 4.78 is 0. The van der Waals surface area contributed by atoms with Crippen LogP contribution in [0.2, 0.25) is 0 Å². The van der Waals surface area contributed by atoms with E-state index in [-0.39, 0.29) is 17.7 Å². The lowest BCUT2D eigenvalue weighted by Gasteiger charge is -2.21. The molecule has 2 rings (SSSR count). The smallest absolute Gasteiger partial charge is 0.228 e. The first kappa shape index (κ1) is 15.5. The van der Waals surface area contributed by atoms with E-state index in [1.165, 1.54) is 0 Å². The number of nitrogens with two attached hydrogens (primary N) is 1. The van der Waals surface area contributed by atoms with Crippen LogP contribution in [0, 0.1) is 5.92 Å². The van der Waals surface area contributed by atoms with E-state index in [0.29, 0.717) is 25.2 Å². The maximum absolute atomic E-state index is 12.3. The molecule has 1 unspecified atom stereocenters. The van der Waals surface area contributed by atoms with Crippen molar-refractivity contribution in [1.29, 1.82) is 0 Å². The number of benzene rings is 1. The summed E-state index contributed by atoms with van der Waals surface area (Å²) in [5.74, 6) is -0.142. The first-order valence-electron chi connectivity index (χ1n) is 7.57. The van der Waals surface area contributed by atoms with E-state index in [0.717, 1.165) is 24.9 Å². The lowest BCUT2D eigenvalue weighted by Crippen LogP contribution is -2.31. The van der Waals surface area contributed by atoms with Crippen LogP contribution in [0.1, 0.15) is 32.6 Å². The standard InChI is InChI=1S/C16H23N3O2/c1-2-6-12(11-17)16(21)18-13-7-3-4-8-14(13)19-10-5-9-15(19)20/h3-4,7-8,12H,2,5-6,9-11,17H2,1H3,(H,18,21). The number of carbonyl (C=O) groups is 2. The molecule has 3 N–H and O–H groups in total. The van der Waals surface area contributed by atoms with Crippen molar-refractivity contribution in [3.8, 4) is 0 Å². The van der Waals surface area contributed by atoms with Gasteiger partial charge in [0.2, 0.25) is 11.8 Å². The Labute approximate surface area is 125 Å². The molecule has 0 aliphatic carbocycles. The average Bonchev–Trinajstić information content (AvgIpc) is 2.91. The number of amides is 2. The van der Waals surface area contributed by atoms with Crippen LogP contribution in [-0.4, -0.2) is 24.9 Å². The molecule has 0 radical (unpaired) electrons. The fourth-order valence-corrected chi connectivity index (χ4v) is 2.66. The van der Waals surface area contributed by atoms with E-state index >= 15 is 0 Å². The van der Waals surface area contributed by atoms with E-state index in [1.807, 2.05) is 31.2 Å². The van der Waals surface area contributed by atoms with Gasteiger partial charge in [-0.15, -0.1) is 0 Å². The van der Waals surface area contributed by atoms with E-state index < -0.39 is 0 Å². The summed E-state index contributed by atoms with van der Waals surface area (Å²) in [6, 6.07) is 7.44. The van der Waals surface area contributed by atoms with Crippen molar-refractivity contribution in [2.45, 2.75) is 32.6 Å². The Kier molecular flexibility index (Phi) is 5.33. The summed E-state index contributed by atoms with van der Waals surface area (Å²) >= 11 is 0. The van der Waals surface area contributed by atoms with Crippen molar-refractivity contribution >= 4 is 23.2 Å². The lowest BCUT2D eigenvalue weighted by molar-refractivity contribution is -0.120. The van der Waals surface area contributed by atoms with Gasteiger partial charge in [0.25, 0.3) is 0 Å². The second kappa shape index (κ2) is 7.22. The van der Waals surface area contributed by atoms with Gasteiger partial charge in [0.1, 0.15) is 0 Å². The molecule has 1 fully saturated rings. The molecule has 21 heavy (non-hydrogen) atoms. The molecule has 1 atom stereocenters. The molecule has 1 aromatic rings. The second-order valence-corrected chi connectivity index (χ2v) is 5.38. The number of rotatable bonds is 6. The zero-order valence-corrected chi connectivity index (χ0v) is 12.5. The topological polar surface area (TPSA) is 75.4 Å². The Balaban J connectivity index is 2.16. The van der Waals surface area contributed by atoms with Crippen LogP contribution in [-0.2, 0) is 9.59 Å². The van der Waals surface area contributed by atoms with Gasteiger partial charge in [-0.2, -0.15) is 0 Å².